The van der Waals surface area contributed by atoms with Crippen LogP contribution in [-0.4, -0.2) is 52.0 Å². The van der Waals surface area contributed by atoms with Crippen molar-refractivity contribution < 1.29 is 4.79 Å². The van der Waals surface area contributed by atoms with Gasteiger partial charge in [-0.15, -0.1) is 5.10 Å². The van der Waals surface area contributed by atoms with Crippen molar-refractivity contribution in [1.82, 2.24) is 19.9 Å². The standard InChI is InChI=1S/C22H24ClN5O2/c1-15(2)20(28-21(29)18-8-3-4-9-19(18)24-25-28)22(30)27-12-10-26(11-13-27)17-7-5-6-16(23)14-17/h3-9,14-15,20H,10-13H2,1-2H3/t20-/m0/s1. The summed E-state index contributed by atoms with van der Waals surface area (Å²) in [5, 5.41) is 9.42. The van der Waals surface area contributed by atoms with Crippen LogP contribution in [0.2, 0.25) is 5.02 Å². The quantitative estimate of drug-likeness (QED) is 0.642. The number of amides is 1. The van der Waals surface area contributed by atoms with Crippen molar-refractivity contribution in [1.29, 1.82) is 0 Å². The molecule has 1 aliphatic rings. The first-order chi connectivity index (χ1) is 14.5. The van der Waals surface area contributed by atoms with Gasteiger partial charge in [-0.3, -0.25) is 9.59 Å². The minimum atomic E-state index is -0.688. The predicted molar refractivity (Wildman–Crippen MR) is 118 cm³/mol. The molecule has 0 N–H and O–H groups in total. The first-order valence-electron chi connectivity index (χ1n) is 10.1. The molecule has 2 aromatic carbocycles. The molecule has 2 heterocycles. The number of rotatable bonds is 4. The Morgan fingerprint density at radius 1 is 1.03 bits per heavy atom. The van der Waals surface area contributed by atoms with E-state index in [1.807, 2.05) is 49.1 Å². The molecule has 1 atom stereocenters. The van der Waals surface area contributed by atoms with Crippen LogP contribution in [-0.2, 0) is 4.79 Å². The third-order valence-electron chi connectivity index (χ3n) is 5.50. The lowest BCUT2D eigenvalue weighted by Crippen LogP contribution is -2.52. The third-order valence-corrected chi connectivity index (χ3v) is 5.74. The molecular formula is C22H24ClN5O2. The number of carbonyl (C=O) groups is 1. The molecule has 0 aliphatic carbocycles. The molecule has 0 radical (unpaired) electrons. The van der Waals surface area contributed by atoms with Crippen LogP contribution < -0.4 is 10.5 Å². The number of hydrogen-bond donors (Lipinski definition) is 0. The van der Waals surface area contributed by atoms with Crippen LogP contribution in [0.25, 0.3) is 10.9 Å². The second-order valence-corrected chi connectivity index (χ2v) is 8.27. The largest absolute Gasteiger partial charge is 0.368 e. The summed E-state index contributed by atoms with van der Waals surface area (Å²) in [7, 11) is 0. The molecule has 4 rings (SSSR count). The molecule has 8 heteroatoms. The Hall–Kier alpha value is -2.93. The molecule has 7 nitrogen and oxygen atoms in total. The average molecular weight is 426 g/mol. The Kier molecular flexibility index (Phi) is 5.72. The lowest BCUT2D eigenvalue weighted by atomic mass is 10.0. The van der Waals surface area contributed by atoms with Gasteiger partial charge in [-0.25, -0.2) is 0 Å². The second kappa shape index (κ2) is 8.44. The van der Waals surface area contributed by atoms with Gasteiger partial charge in [0.05, 0.1) is 5.39 Å². The number of fused-ring (bicyclic) bond motifs is 1. The molecule has 1 amide bonds. The molecular weight excluding hydrogens is 402 g/mol. The molecule has 0 spiro atoms. The van der Waals surface area contributed by atoms with Crippen LogP contribution in [0.1, 0.15) is 19.9 Å². The molecule has 30 heavy (non-hydrogen) atoms. The number of carbonyl (C=O) groups excluding carboxylic acids is 1. The fraction of sp³-hybridized carbons (Fsp3) is 0.364. The van der Waals surface area contributed by atoms with Crippen LogP contribution in [0, 0.1) is 5.92 Å². The van der Waals surface area contributed by atoms with Gasteiger partial charge >= 0.3 is 0 Å². The Labute approximate surface area is 179 Å². The van der Waals surface area contributed by atoms with Crippen molar-refractivity contribution in [2.45, 2.75) is 19.9 Å². The number of benzene rings is 2. The molecule has 1 aromatic heterocycles. The number of piperazine rings is 1. The smallest absolute Gasteiger partial charge is 0.278 e. The van der Waals surface area contributed by atoms with Crippen LogP contribution >= 0.6 is 11.6 Å². The summed E-state index contributed by atoms with van der Waals surface area (Å²) in [5.41, 5.74) is 1.29. The number of anilines is 1. The minimum Gasteiger partial charge on any atom is -0.368 e. The zero-order valence-electron chi connectivity index (χ0n) is 17.0. The summed E-state index contributed by atoms with van der Waals surface area (Å²) in [5.74, 6) is -0.195. The second-order valence-electron chi connectivity index (χ2n) is 7.84. The Morgan fingerprint density at radius 2 is 1.77 bits per heavy atom. The first-order valence-corrected chi connectivity index (χ1v) is 10.5. The predicted octanol–water partition coefficient (Wildman–Crippen LogP) is 2.99. The molecule has 0 saturated carbocycles. The molecule has 156 valence electrons. The molecule has 1 saturated heterocycles. The van der Waals surface area contributed by atoms with E-state index in [1.54, 1.807) is 18.2 Å². The summed E-state index contributed by atoms with van der Waals surface area (Å²) in [6.07, 6.45) is 0. The van der Waals surface area contributed by atoms with Crippen molar-refractivity contribution in [3.63, 3.8) is 0 Å². The Balaban J connectivity index is 1.55. The topological polar surface area (TPSA) is 71.3 Å². The Morgan fingerprint density at radius 3 is 2.47 bits per heavy atom. The highest BCUT2D eigenvalue weighted by atomic mass is 35.5. The Bertz CT molecular complexity index is 1120. The van der Waals surface area contributed by atoms with Gasteiger partial charge in [-0.2, -0.15) is 4.68 Å². The van der Waals surface area contributed by atoms with Crippen molar-refractivity contribution in [3.8, 4) is 0 Å². The van der Waals surface area contributed by atoms with Gasteiger partial charge in [0.1, 0.15) is 11.6 Å². The van der Waals surface area contributed by atoms with Gasteiger partial charge < -0.3 is 9.80 Å². The van der Waals surface area contributed by atoms with Crippen molar-refractivity contribution in [3.05, 3.63) is 63.9 Å². The van der Waals surface area contributed by atoms with Gasteiger partial charge in [0.2, 0.25) is 5.91 Å². The lowest BCUT2D eigenvalue weighted by molar-refractivity contribution is -0.137. The van der Waals surface area contributed by atoms with E-state index in [-0.39, 0.29) is 17.4 Å². The van der Waals surface area contributed by atoms with Gasteiger partial charge in [-0.05, 0) is 36.2 Å². The van der Waals surface area contributed by atoms with Crippen LogP contribution in [0.15, 0.2) is 53.3 Å². The molecule has 1 fully saturated rings. The first kappa shape index (κ1) is 20.3. The maximum absolute atomic E-state index is 13.4. The number of aromatic nitrogens is 3. The van der Waals surface area contributed by atoms with Crippen molar-refractivity contribution in [2.24, 2.45) is 5.92 Å². The number of hydrogen-bond acceptors (Lipinski definition) is 5. The molecule has 3 aromatic rings. The zero-order chi connectivity index (χ0) is 21.3. The van der Waals surface area contributed by atoms with Gasteiger partial charge in [0, 0.05) is 36.9 Å². The van der Waals surface area contributed by atoms with E-state index in [1.165, 1.54) is 4.68 Å². The summed E-state index contributed by atoms with van der Waals surface area (Å²) in [6.45, 7) is 6.40. The molecule has 0 bridgehead atoms. The highest BCUT2D eigenvalue weighted by Gasteiger charge is 2.33. The summed E-state index contributed by atoms with van der Waals surface area (Å²) in [6, 6.07) is 14.1. The van der Waals surface area contributed by atoms with Gasteiger partial charge in [0.15, 0.2) is 0 Å². The highest BCUT2D eigenvalue weighted by Crippen LogP contribution is 2.23. The van der Waals surface area contributed by atoms with E-state index in [0.29, 0.717) is 42.1 Å². The van der Waals surface area contributed by atoms with Crippen LogP contribution in [0.5, 0.6) is 0 Å². The van der Waals surface area contributed by atoms with E-state index in [2.05, 4.69) is 15.2 Å². The van der Waals surface area contributed by atoms with E-state index < -0.39 is 6.04 Å². The normalized spacial score (nSPS) is 15.6. The van der Waals surface area contributed by atoms with E-state index >= 15 is 0 Å². The van der Waals surface area contributed by atoms with E-state index in [0.717, 1.165) is 5.69 Å². The number of halogens is 1. The van der Waals surface area contributed by atoms with Crippen molar-refractivity contribution >= 4 is 34.1 Å². The minimum absolute atomic E-state index is 0.0950. The lowest BCUT2D eigenvalue weighted by Gasteiger charge is -2.38. The van der Waals surface area contributed by atoms with E-state index in [4.69, 9.17) is 11.6 Å². The van der Waals surface area contributed by atoms with Gasteiger partial charge in [-0.1, -0.05) is 48.9 Å². The summed E-state index contributed by atoms with van der Waals surface area (Å²) in [4.78, 5) is 30.4. The fourth-order valence-electron chi connectivity index (χ4n) is 3.90. The SMILES string of the molecule is CC(C)[C@@H](C(=O)N1CCN(c2cccc(Cl)c2)CC1)n1nnc2ccccc2c1=O. The number of nitrogens with zero attached hydrogens (tertiary/aromatic N) is 5. The third kappa shape index (κ3) is 3.89. The maximum Gasteiger partial charge on any atom is 0.278 e. The van der Waals surface area contributed by atoms with Gasteiger partial charge in [0.25, 0.3) is 5.56 Å². The highest BCUT2D eigenvalue weighted by molar-refractivity contribution is 6.30. The monoisotopic (exact) mass is 425 g/mol. The van der Waals surface area contributed by atoms with Crippen LogP contribution in [0.4, 0.5) is 5.69 Å². The average Bonchev–Trinajstić information content (AvgIpc) is 2.75. The summed E-state index contributed by atoms with van der Waals surface area (Å²) >= 11 is 6.11. The zero-order valence-corrected chi connectivity index (χ0v) is 17.8. The van der Waals surface area contributed by atoms with E-state index in [9.17, 15) is 9.59 Å². The molecule has 1 aliphatic heterocycles. The van der Waals surface area contributed by atoms with Crippen molar-refractivity contribution in [2.75, 3.05) is 31.1 Å². The fourth-order valence-corrected chi connectivity index (χ4v) is 4.09. The maximum atomic E-state index is 13.4. The van der Waals surface area contributed by atoms with Crippen LogP contribution in [0.3, 0.4) is 0 Å². The molecule has 0 unspecified atom stereocenters. The summed E-state index contributed by atoms with van der Waals surface area (Å²) < 4.78 is 1.25.